The number of halogens is 4. The van der Waals surface area contributed by atoms with Gasteiger partial charge in [-0.1, -0.05) is 11.6 Å². The topological polar surface area (TPSA) is 114 Å². The second-order valence-electron chi connectivity index (χ2n) is 7.61. The summed E-state index contributed by atoms with van der Waals surface area (Å²) in [5.74, 6) is -5.33. The highest BCUT2D eigenvalue weighted by Crippen LogP contribution is 2.51. The molecule has 3 heterocycles. The Bertz CT molecular complexity index is 1150. The minimum Gasteiger partial charge on any atom is -0.453 e. The zero-order valence-electron chi connectivity index (χ0n) is 16.7. The molecule has 1 aliphatic heterocycles. The van der Waals surface area contributed by atoms with Crippen molar-refractivity contribution in [3.63, 3.8) is 0 Å². The molecule has 0 spiro atoms. The monoisotopic (exact) mass is 451 g/mol. The Morgan fingerprint density at radius 2 is 2.00 bits per heavy atom. The molecule has 1 aliphatic rings. The summed E-state index contributed by atoms with van der Waals surface area (Å²) in [7, 11) is 0. The van der Waals surface area contributed by atoms with E-state index in [2.05, 4.69) is 15.0 Å². The van der Waals surface area contributed by atoms with Gasteiger partial charge >= 0.3 is 5.92 Å². The number of nitrogens with two attached hydrogens (primary N) is 1. The van der Waals surface area contributed by atoms with Crippen LogP contribution >= 0.6 is 11.6 Å². The summed E-state index contributed by atoms with van der Waals surface area (Å²) in [6.45, 7) is 3.22. The van der Waals surface area contributed by atoms with E-state index in [9.17, 15) is 9.18 Å². The van der Waals surface area contributed by atoms with Crippen LogP contribution in [0.2, 0.25) is 5.02 Å². The predicted molar refractivity (Wildman–Crippen MR) is 105 cm³/mol. The summed E-state index contributed by atoms with van der Waals surface area (Å²) in [5.41, 5.74) is 0.361. The molecular formula is C20H17ClF3N5O2. The molecule has 2 aromatic rings. The largest absolute Gasteiger partial charge is 0.453 e. The number of pyridine rings is 2. The van der Waals surface area contributed by atoms with E-state index in [1.54, 1.807) is 0 Å². The smallest absolute Gasteiger partial charge is 0.316 e. The highest BCUT2D eigenvalue weighted by molar-refractivity contribution is 6.33. The van der Waals surface area contributed by atoms with E-state index in [4.69, 9.17) is 27.3 Å². The molecule has 0 radical (unpaired) electrons. The van der Waals surface area contributed by atoms with Crippen molar-refractivity contribution in [3.05, 3.63) is 57.9 Å². The van der Waals surface area contributed by atoms with Gasteiger partial charge in [0, 0.05) is 11.9 Å². The van der Waals surface area contributed by atoms with Crippen LogP contribution in [0.15, 0.2) is 29.4 Å². The second kappa shape index (κ2) is 7.50. The molecule has 2 N–H and O–H groups in total. The van der Waals surface area contributed by atoms with Crippen LogP contribution in [0, 0.1) is 17.1 Å². The molecule has 3 rings (SSSR count). The van der Waals surface area contributed by atoms with Gasteiger partial charge in [0.05, 0.1) is 17.0 Å². The SMILES string of the molecule is CC1(C)OC(N)=N[C@](C)(c2nc(CC(=O)c3ncc(C#N)cc3Cl)ccc2F)C1(F)F. The van der Waals surface area contributed by atoms with Gasteiger partial charge in [-0.05, 0) is 39.0 Å². The van der Waals surface area contributed by atoms with Crippen molar-refractivity contribution in [3.8, 4) is 6.07 Å². The molecule has 0 saturated carbocycles. The zero-order valence-corrected chi connectivity index (χ0v) is 17.5. The second-order valence-corrected chi connectivity index (χ2v) is 8.02. The normalized spacial score (nSPS) is 21.5. The van der Waals surface area contributed by atoms with E-state index < -0.39 is 46.8 Å². The molecule has 0 saturated heterocycles. The Morgan fingerprint density at radius 1 is 1.32 bits per heavy atom. The third-order valence-electron chi connectivity index (χ3n) is 5.00. The van der Waals surface area contributed by atoms with Crippen molar-refractivity contribution < 1.29 is 22.7 Å². The number of alkyl halides is 2. The minimum absolute atomic E-state index is 0.00118. The van der Waals surface area contributed by atoms with Crippen LogP contribution in [0.25, 0.3) is 0 Å². The number of carbonyl (C=O) groups excluding carboxylic acids is 1. The summed E-state index contributed by atoms with van der Waals surface area (Å²) in [4.78, 5) is 24.1. The van der Waals surface area contributed by atoms with Gasteiger partial charge in [0.25, 0.3) is 6.02 Å². The first-order valence-electron chi connectivity index (χ1n) is 8.99. The fourth-order valence-corrected chi connectivity index (χ4v) is 3.57. The molecule has 31 heavy (non-hydrogen) atoms. The number of ether oxygens (including phenoxy) is 1. The summed E-state index contributed by atoms with van der Waals surface area (Å²) in [5, 5.41) is 8.81. The van der Waals surface area contributed by atoms with Crippen molar-refractivity contribution in [2.24, 2.45) is 10.7 Å². The van der Waals surface area contributed by atoms with Crippen LogP contribution in [0.5, 0.6) is 0 Å². The van der Waals surface area contributed by atoms with Crippen molar-refractivity contribution >= 4 is 23.4 Å². The third kappa shape index (κ3) is 3.70. The zero-order chi connectivity index (χ0) is 23.2. The van der Waals surface area contributed by atoms with E-state index in [0.717, 1.165) is 26.8 Å². The molecule has 0 aliphatic carbocycles. The fourth-order valence-electron chi connectivity index (χ4n) is 3.30. The van der Waals surface area contributed by atoms with E-state index >= 15 is 8.78 Å². The molecular weight excluding hydrogens is 435 g/mol. The third-order valence-corrected chi connectivity index (χ3v) is 5.29. The van der Waals surface area contributed by atoms with Gasteiger partial charge in [0.15, 0.2) is 16.9 Å². The molecule has 0 fully saturated rings. The summed E-state index contributed by atoms with van der Waals surface area (Å²) < 4.78 is 50.1. The standard InChI is InChI=1S/C20H17ClF3N5O2/c1-18(2)20(23,24)19(3,29-17(26)31-18)16-13(22)5-4-11(28-16)7-14(30)15-12(21)6-10(8-25)9-27-15/h4-6,9H,7H2,1-3H3,(H2,26,29)/t19-/m1/s1. The molecule has 162 valence electrons. The number of nitriles is 1. The van der Waals surface area contributed by atoms with Crippen LogP contribution < -0.4 is 5.73 Å². The van der Waals surface area contributed by atoms with Crippen LogP contribution in [-0.4, -0.2) is 33.3 Å². The first kappa shape index (κ1) is 22.5. The lowest BCUT2D eigenvalue weighted by Crippen LogP contribution is -2.62. The Labute approximate surface area is 180 Å². The van der Waals surface area contributed by atoms with Gasteiger partial charge < -0.3 is 10.5 Å². The molecule has 7 nitrogen and oxygen atoms in total. The first-order chi connectivity index (χ1) is 14.3. The predicted octanol–water partition coefficient (Wildman–Crippen LogP) is 3.54. The molecule has 0 amide bonds. The number of carbonyl (C=O) groups is 1. The summed E-state index contributed by atoms with van der Waals surface area (Å²) in [6, 6.07) is 4.69. The average Bonchev–Trinajstić information content (AvgIpc) is 2.67. The van der Waals surface area contributed by atoms with Crippen LogP contribution in [0.4, 0.5) is 13.2 Å². The lowest BCUT2D eigenvalue weighted by atomic mass is 9.79. The first-order valence-corrected chi connectivity index (χ1v) is 9.37. The lowest BCUT2D eigenvalue weighted by Gasteiger charge is -2.46. The highest BCUT2D eigenvalue weighted by Gasteiger charge is 2.67. The van der Waals surface area contributed by atoms with Gasteiger partial charge in [-0.2, -0.15) is 14.0 Å². The van der Waals surface area contributed by atoms with Crippen molar-refractivity contribution in [2.45, 2.75) is 44.3 Å². The molecule has 0 unspecified atom stereocenters. The molecule has 0 aromatic carbocycles. The number of amidine groups is 1. The van der Waals surface area contributed by atoms with Crippen LogP contribution in [-0.2, 0) is 16.7 Å². The number of hydrogen-bond acceptors (Lipinski definition) is 7. The molecule has 2 aromatic heterocycles. The quantitative estimate of drug-likeness (QED) is 0.711. The van der Waals surface area contributed by atoms with E-state index in [0.29, 0.717) is 0 Å². The number of rotatable bonds is 4. The molecule has 0 bridgehead atoms. The van der Waals surface area contributed by atoms with Crippen molar-refractivity contribution in [2.75, 3.05) is 0 Å². The number of hydrogen-bond donors (Lipinski definition) is 1. The molecule has 1 atom stereocenters. The maximum absolute atomic E-state index is 15.2. The highest BCUT2D eigenvalue weighted by atomic mass is 35.5. The molecule has 11 heteroatoms. The number of aliphatic imine (C=N–C) groups is 1. The number of ketones is 1. The minimum atomic E-state index is -3.70. The van der Waals surface area contributed by atoms with Crippen molar-refractivity contribution in [1.29, 1.82) is 5.26 Å². The van der Waals surface area contributed by atoms with E-state index in [1.165, 1.54) is 18.3 Å². The summed E-state index contributed by atoms with van der Waals surface area (Å²) >= 11 is 5.99. The number of Topliss-reactive ketones (excluding diaryl/α,β-unsaturated/α-hetero) is 1. The Kier molecular flexibility index (Phi) is 5.44. The Morgan fingerprint density at radius 3 is 2.61 bits per heavy atom. The Hall–Kier alpha value is -3.19. The fraction of sp³-hybridized carbons (Fsp3) is 0.350. The lowest BCUT2D eigenvalue weighted by molar-refractivity contribution is -0.208. The van der Waals surface area contributed by atoms with Crippen molar-refractivity contribution in [1.82, 2.24) is 9.97 Å². The van der Waals surface area contributed by atoms with E-state index in [1.807, 2.05) is 6.07 Å². The summed E-state index contributed by atoms with van der Waals surface area (Å²) in [6.07, 6.45) is 0.776. The maximum atomic E-state index is 15.2. The van der Waals surface area contributed by atoms with Crippen LogP contribution in [0.1, 0.15) is 48.2 Å². The van der Waals surface area contributed by atoms with E-state index in [-0.39, 0.29) is 22.0 Å². The van der Waals surface area contributed by atoms with Gasteiger partial charge in [-0.3, -0.25) is 14.8 Å². The number of aromatic nitrogens is 2. The average molecular weight is 452 g/mol. The maximum Gasteiger partial charge on any atom is 0.316 e. The van der Waals surface area contributed by atoms with Gasteiger partial charge in [0.1, 0.15) is 23.3 Å². The number of nitrogens with zero attached hydrogens (tertiary/aromatic N) is 4. The van der Waals surface area contributed by atoms with Gasteiger partial charge in [-0.15, -0.1) is 0 Å². The van der Waals surface area contributed by atoms with Gasteiger partial charge in [-0.25, -0.2) is 9.38 Å². The van der Waals surface area contributed by atoms with Gasteiger partial charge in [0.2, 0.25) is 0 Å². The Balaban J connectivity index is 2.02. The van der Waals surface area contributed by atoms with Crippen LogP contribution in [0.3, 0.4) is 0 Å².